The summed E-state index contributed by atoms with van der Waals surface area (Å²) in [6, 6.07) is 1.52. The van der Waals surface area contributed by atoms with Crippen LogP contribution >= 0.6 is 0 Å². The fourth-order valence-corrected chi connectivity index (χ4v) is 4.32. The van der Waals surface area contributed by atoms with Crippen LogP contribution in [0.5, 0.6) is 0 Å². The van der Waals surface area contributed by atoms with E-state index in [2.05, 4.69) is 18.9 Å². The van der Waals surface area contributed by atoms with Crippen molar-refractivity contribution in [2.75, 3.05) is 6.61 Å². The smallest absolute Gasteiger partial charge is 0.0760 e. The van der Waals surface area contributed by atoms with Crippen LogP contribution in [0.4, 0.5) is 0 Å². The highest BCUT2D eigenvalue weighted by molar-refractivity contribution is 5.13. The van der Waals surface area contributed by atoms with Crippen molar-refractivity contribution in [3.8, 4) is 0 Å². The lowest BCUT2D eigenvalue weighted by Gasteiger charge is -2.23. The van der Waals surface area contributed by atoms with Crippen molar-refractivity contribution in [3.05, 3.63) is 0 Å². The van der Waals surface area contributed by atoms with Crippen LogP contribution in [0.2, 0.25) is 0 Å². The first-order valence-electron chi connectivity index (χ1n) is 7.73. The van der Waals surface area contributed by atoms with Gasteiger partial charge in [-0.3, -0.25) is 4.84 Å². The van der Waals surface area contributed by atoms with E-state index >= 15 is 0 Å². The lowest BCUT2D eigenvalue weighted by atomic mass is 9.92. The molecule has 3 aliphatic rings. The third-order valence-corrected chi connectivity index (χ3v) is 5.39. The molecule has 2 nitrogen and oxygen atoms in total. The highest BCUT2D eigenvalue weighted by Crippen LogP contribution is 2.64. The lowest BCUT2D eigenvalue weighted by Crippen LogP contribution is -2.33. The molecule has 2 aliphatic heterocycles. The molecule has 0 bridgehead atoms. The first kappa shape index (κ1) is 12.0. The van der Waals surface area contributed by atoms with Crippen LogP contribution in [0.15, 0.2) is 0 Å². The molecule has 1 spiro atoms. The van der Waals surface area contributed by atoms with Crippen molar-refractivity contribution >= 4 is 0 Å². The molecule has 0 unspecified atom stereocenters. The molecule has 1 aliphatic carbocycles. The van der Waals surface area contributed by atoms with Gasteiger partial charge in [-0.2, -0.15) is 5.06 Å². The van der Waals surface area contributed by atoms with E-state index in [1.165, 1.54) is 51.4 Å². The molecule has 0 amide bonds. The van der Waals surface area contributed by atoms with Crippen molar-refractivity contribution < 1.29 is 4.84 Å². The quantitative estimate of drug-likeness (QED) is 0.722. The SMILES string of the molecule is CCCC[C@@H]1CC[C@@H]2N1OC[C@@]21C[C@@H]1CCC. The van der Waals surface area contributed by atoms with Crippen LogP contribution in [0, 0.1) is 11.3 Å². The Labute approximate surface area is 106 Å². The minimum absolute atomic E-state index is 0.594. The summed E-state index contributed by atoms with van der Waals surface area (Å²) in [5.41, 5.74) is 0.594. The van der Waals surface area contributed by atoms with Gasteiger partial charge in [-0.15, -0.1) is 0 Å². The molecule has 2 saturated heterocycles. The molecule has 0 aromatic rings. The minimum atomic E-state index is 0.594. The zero-order valence-electron chi connectivity index (χ0n) is 11.5. The number of unbranched alkanes of at least 4 members (excludes halogenated alkanes) is 1. The van der Waals surface area contributed by atoms with E-state index in [0.717, 1.165) is 24.6 Å². The number of hydrogen-bond donors (Lipinski definition) is 0. The Morgan fingerprint density at radius 2 is 2.06 bits per heavy atom. The molecule has 2 heterocycles. The maximum atomic E-state index is 6.07. The van der Waals surface area contributed by atoms with E-state index in [9.17, 15) is 0 Å². The first-order valence-corrected chi connectivity index (χ1v) is 7.73. The molecular weight excluding hydrogens is 210 g/mol. The molecule has 17 heavy (non-hydrogen) atoms. The van der Waals surface area contributed by atoms with Gasteiger partial charge in [-0.05, 0) is 31.6 Å². The number of fused-ring (bicyclic) bond motifs is 2. The van der Waals surface area contributed by atoms with Gasteiger partial charge < -0.3 is 0 Å². The summed E-state index contributed by atoms with van der Waals surface area (Å²) in [5, 5.41) is 2.42. The summed E-state index contributed by atoms with van der Waals surface area (Å²) < 4.78 is 0. The largest absolute Gasteiger partial charge is 0.298 e. The summed E-state index contributed by atoms with van der Waals surface area (Å²) in [6.07, 6.45) is 11.0. The normalized spacial score (nSPS) is 44.5. The van der Waals surface area contributed by atoms with Crippen LogP contribution < -0.4 is 0 Å². The lowest BCUT2D eigenvalue weighted by molar-refractivity contribution is -0.143. The van der Waals surface area contributed by atoms with Crippen LogP contribution in [-0.2, 0) is 4.84 Å². The first-order chi connectivity index (χ1) is 8.31. The molecule has 0 aromatic carbocycles. The van der Waals surface area contributed by atoms with E-state index in [-0.39, 0.29) is 0 Å². The fraction of sp³-hybridized carbons (Fsp3) is 1.00. The molecule has 3 fully saturated rings. The van der Waals surface area contributed by atoms with E-state index < -0.39 is 0 Å². The van der Waals surface area contributed by atoms with Crippen LogP contribution in [-0.4, -0.2) is 23.8 Å². The third kappa shape index (κ3) is 1.84. The van der Waals surface area contributed by atoms with E-state index in [1.807, 2.05) is 0 Å². The standard InChI is InChI=1S/C15H27NO/c1-3-5-7-13-8-9-14-15(11-17-16(13)14)10-12(15)6-4-2/h12-14H,3-11H2,1-2H3/t12-,13+,14-,15+/m0/s1. The summed E-state index contributed by atoms with van der Waals surface area (Å²) >= 11 is 0. The predicted molar refractivity (Wildman–Crippen MR) is 69.6 cm³/mol. The Morgan fingerprint density at radius 3 is 2.82 bits per heavy atom. The Hall–Kier alpha value is -0.0800. The van der Waals surface area contributed by atoms with Gasteiger partial charge in [-0.1, -0.05) is 39.5 Å². The van der Waals surface area contributed by atoms with Crippen LogP contribution in [0.3, 0.4) is 0 Å². The number of nitrogens with zero attached hydrogens (tertiary/aromatic N) is 1. The second kappa shape index (κ2) is 4.55. The van der Waals surface area contributed by atoms with Gasteiger partial charge in [-0.25, -0.2) is 0 Å². The summed E-state index contributed by atoms with van der Waals surface area (Å²) in [5.74, 6) is 0.979. The Balaban J connectivity index is 1.60. The zero-order valence-corrected chi connectivity index (χ0v) is 11.5. The van der Waals surface area contributed by atoms with Crippen molar-refractivity contribution in [3.63, 3.8) is 0 Å². The molecule has 0 N–H and O–H groups in total. The topological polar surface area (TPSA) is 12.5 Å². The van der Waals surface area contributed by atoms with Crippen molar-refractivity contribution in [1.29, 1.82) is 0 Å². The summed E-state index contributed by atoms with van der Waals surface area (Å²) in [6.45, 7) is 5.64. The van der Waals surface area contributed by atoms with Gasteiger partial charge >= 0.3 is 0 Å². The number of hydroxylamine groups is 2. The third-order valence-electron chi connectivity index (χ3n) is 5.39. The molecule has 3 rings (SSSR count). The van der Waals surface area contributed by atoms with Gasteiger partial charge in [0.1, 0.15) is 0 Å². The van der Waals surface area contributed by atoms with Crippen LogP contribution in [0.25, 0.3) is 0 Å². The Bertz CT molecular complexity index is 280. The number of hydrogen-bond acceptors (Lipinski definition) is 2. The second-order valence-electron chi connectivity index (χ2n) is 6.45. The monoisotopic (exact) mass is 237 g/mol. The van der Waals surface area contributed by atoms with Gasteiger partial charge in [0.15, 0.2) is 0 Å². The predicted octanol–water partition coefficient (Wildman–Crippen LogP) is 3.76. The zero-order chi connectivity index (χ0) is 11.9. The number of rotatable bonds is 5. The second-order valence-corrected chi connectivity index (χ2v) is 6.45. The summed E-state index contributed by atoms with van der Waals surface area (Å²) in [4.78, 5) is 6.07. The van der Waals surface area contributed by atoms with Crippen molar-refractivity contribution in [2.45, 2.75) is 77.3 Å². The van der Waals surface area contributed by atoms with Gasteiger partial charge in [0.25, 0.3) is 0 Å². The summed E-state index contributed by atoms with van der Waals surface area (Å²) in [7, 11) is 0. The van der Waals surface area contributed by atoms with Gasteiger partial charge in [0, 0.05) is 17.5 Å². The molecule has 4 atom stereocenters. The van der Waals surface area contributed by atoms with E-state index in [0.29, 0.717) is 5.41 Å². The molecule has 0 radical (unpaired) electrons. The van der Waals surface area contributed by atoms with Crippen molar-refractivity contribution in [1.82, 2.24) is 5.06 Å². The van der Waals surface area contributed by atoms with E-state index in [4.69, 9.17) is 4.84 Å². The van der Waals surface area contributed by atoms with Gasteiger partial charge in [0.2, 0.25) is 0 Å². The fourth-order valence-electron chi connectivity index (χ4n) is 4.32. The molecule has 98 valence electrons. The Kier molecular flexibility index (Phi) is 3.20. The minimum Gasteiger partial charge on any atom is -0.298 e. The van der Waals surface area contributed by atoms with Gasteiger partial charge in [0.05, 0.1) is 6.61 Å². The molecule has 0 aromatic heterocycles. The highest BCUT2D eigenvalue weighted by atomic mass is 16.7. The maximum Gasteiger partial charge on any atom is 0.0760 e. The van der Waals surface area contributed by atoms with Crippen molar-refractivity contribution in [2.24, 2.45) is 11.3 Å². The molecule has 2 heteroatoms. The Morgan fingerprint density at radius 1 is 1.18 bits per heavy atom. The van der Waals surface area contributed by atoms with E-state index in [1.54, 1.807) is 0 Å². The average Bonchev–Trinajstić information content (AvgIpc) is 2.71. The molecular formula is C15H27NO. The van der Waals surface area contributed by atoms with Crippen LogP contribution in [0.1, 0.15) is 65.2 Å². The molecule has 1 saturated carbocycles. The average molecular weight is 237 g/mol. The maximum absolute atomic E-state index is 6.07. The highest BCUT2D eigenvalue weighted by Gasteiger charge is 2.65.